The Bertz CT molecular complexity index is 406. The van der Waals surface area contributed by atoms with Gasteiger partial charge in [0.05, 0.1) is 12.5 Å². The van der Waals surface area contributed by atoms with E-state index in [1.807, 2.05) is 13.0 Å². The average Bonchev–Trinajstić information content (AvgIpc) is 2.30. The maximum absolute atomic E-state index is 8.62. The predicted octanol–water partition coefficient (Wildman–Crippen LogP) is 3.25. The second kappa shape index (κ2) is 5.03. The van der Waals surface area contributed by atoms with Crippen LogP contribution in [-0.4, -0.2) is 6.10 Å². The molecule has 0 heterocycles. The third-order valence-corrected chi connectivity index (χ3v) is 3.06. The van der Waals surface area contributed by atoms with Gasteiger partial charge in [0.2, 0.25) is 0 Å². The SMILES string of the molecule is CC(CC#N)Oc1cccc2c1CCCC2. The molecular formula is C14H17NO. The standard InChI is InChI=1S/C14H17NO/c1-11(9-10-15)16-14-8-4-6-12-5-2-3-7-13(12)14/h4,6,8,11H,2-3,5,7,9H2,1H3. The second-order valence-corrected chi connectivity index (χ2v) is 4.39. The quantitative estimate of drug-likeness (QED) is 0.775. The number of nitriles is 1. The van der Waals surface area contributed by atoms with Crippen molar-refractivity contribution in [2.24, 2.45) is 0 Å². The van der Waals surface area contributed by atoms with Crippen molar-refractivity contribution in [3.63, 3.8) is 0 Å². The number of hydrogen-bond donors (Lipinski definition) is 0. The van der Waals surface area contributed by atoms with Crippen molar-refractivity contribution in [3.05, 3.63) is 29.3 Å². The molecule has 1 aliphatic carbocycles. The first-order valence-corrected chi connectivity index (χ1v) is 5.95. The molecule has 84 valence electrons. The normalized spacial score (nSPS) is 16.0. The number of nitrogens with zero attached hydrogens (tertiary/aromatic N) is 1. The number of fused-ring (bicyclic) bond motifs is 1. The molecule has 1 atom stereocenters. The Labute approximate surface area is 96.9 Å². The zero-order valence-electron chi connectivity index (χ0n) is 9.70. The van der Waals surface area contributed by atoms with Crippen molar-refractivity contribution in [2.45, 2.75) is 45.1 Å². The third-order valence-electron chi connectivity index (χ3n) is 3.06. The lowest BCUT2D eigenvalue weighted by atomic mass is 9.91. The van der Waals surface area contributed by atoms with Crippen molar-refractivity contribution in [1.82, 2.24) is 0 Å². The van der Waals surface area contributed by atoms with Crippen LogP contribution in [0, 0.1) is 11.3 Å². The molecule has 16 heavy (non-hydrogen) atoms. The Balaban J connectivity index is 2.18. The molecule has 0 amide bonds. The van der Waals surface area contributed by atoms with Gasteiger partial charge in [-0.15, -0.1) is 0 Å². The van der Waals surface area contributed by atoms with Crippen LogP contribution in [0.15, 0.2) is 18.2 Å². The minimum atomic E-state index is -0.0153. The lowest BCUT2D eigenvalue weighted by Crippen LogP contribution is -2.13. The van der Waals surface area contributed by atoms with Crippen LogP contribution in [0.5, 0.6) is 5.75 Å². The minimum absolute atomic E-state index is 0.0153. The average molecular weight is 215 g/mol. The van der Waals surface area contributed by atoms with E-state index in [0.717, 1.165) is 12.2 Å². The second-order valence-electron chi connectivity index (χ2n) is 4.39. The lowest BCUT2D eigenvalue weighted by molar-refractivity contribution is 0.224. The van der Waals surface area contributed by atoms with Crippen LogP contribution in [0.25, 0.3) is 0 Å². The van der Waals surface area contributed by atoms with Gasteiger partial charge in [0.25, 0.3) is 0 Å². The topological polar surface area (TPSA) is 33.0 Å². The Morgan fingerprint density at radius 2 is 2.19 bits per heavy atom. The Kier molecular flexibility index (Phi) is 3.46. The van der Waals surface area contributed by atoms with Crippen LogP contribution >= 0.6 is 0 Å². The van der Waals surface area contributed by atoms with Crippen LogP contribution in [-0.2, 0) is 12.8 Å². The summed E-state index contributed by atoms with van der Waals surface area (Å²) in [7, 11) is 0. The highest BCUT2D eigenvalue weighted by Gasteiger charge is 2.15. The molecule has 0 bridgehead atoms. The molecule has 0 saturated heterocycles. The van der Waals surface area contributed by atoms with E-state index in [0.29, 0.717) is 6.42 Å². The largest absolute Gasteiger partial charge is 0.489 e. The zero-order valence-corrected chi connectivity index (χ0v) is 9.70. The van der Waals surface area contributed by atoms with Gasteiger partial charge in [-0.25, -0.2) is 0 Å². The summed E-state index contributed by atoms with van der Waals surface area (Å²) >= 11 is 0. The molecule has 0 saturated carbocycles. The summed E-state index contributed by atoms with van der Waals surface area (Å²) in [5, 5.41) is 8.62. The van der Waals surface area contributed by atoms with Gasteiger partial charge in [-0.3, -0.25) is 0 Å². The van der Waals surface area contributed by atoms with E-state index < -0.39 is 0 Å². The molecule has 2 heteroatoms. The monoisotopic (exact) mass is 215 g/mol. The first kappa shape index (κ1) is 11.0. The van der Waals surface area contributed by atoms with Crippen molar-refractivity contribution < 1.29 is 4.74 Å². The first-order chi connectivity index (χ1) is 7.81. The highest BCUT2D eigenvalue weighted by atomic mass is 16.5. The van der Waals surface area contributed by atoms with E-state index in [2.05, 4.69) is 18.2 Å². The summed E-state index contributed by atoms with van der Waals surface area (Å²) in [5.41, 5.74) is 2.78. The molecule has 0 aromatic heterocycles. The molecule has 0 spiro atoms. The van der Waals surface area contributed by atoms with E-state index in [1.54, 1.807) is 0 Å². The summed E-state index contributed by atoms with van der Waals surface area (Å²) in [6, 6.07) is 8.41. The molecule has 1 aromatic rings. The van der Waals surface area contributed by atoms with Gasteiger partial charge >= 0.3 is 0 Å². The van der Waals surface area contributed by atoms with E-state index in [9.17, 15) is 0 Å². The molecule has 0 fully saturated rings. The van der Waals surface area contributed by atoms with Crippen LogP contribution < -0.4 is 4.74 Å². The fourth-order valence-corrected chi connectivity index (χ4v) is 2.24. The van der Waals surface area contributed by atoms with Gasteiger partial charge < -0.3 is 4.74 Å². The van der Waals surface area contributed by atoms with Crippen LogP contribution in [0.4, 0.5) is 0 Å². The summed E-state index contributed by atoms with van der Waals surface area (Å²) in [6.07, 6.45) is 5.25. The molecule has 1 aromatic carbocycles. The van der Waals surface area contributed by atoms with E-state index >= 15 is 0 Å². The predicted molar refractivity (Wildman–Crippen MR) is 63.4 cm³/mol. The minimum Gasteiger partial charge on any atom is -0.489 e. The Morgan fingerprint density at radius 3 is 3.00 bits per heavy atom. The molecule has 2 rings (SSSR count). The maximum atomic E-state index is 8.62. The molecule has 1 unspecified atom stereocenters. The van der Waals surface area contributed by atoms with Crippen molar-refractivity contribution in [2.75, 3.05) is 0 Å². The number of ether oxygens (including phenoxy) is 1. The molecular weight excluding hydrogens is 198 g/mol. The van der Waals surface area contributed by atoms with E-state index in [4.69, 9.17) is 10.00 Å². The number of benzene rings is 1. The summed E-state index contributed by atoms with van der Waals surface area (Å²) in [4.78, 5) is 0. The molecule has 0 radical (unpaired) electrons. The van der Waals surface area contributed by atoms with Gasteiger partial charge in [-0.1, -0.05) is 12.1 Å². The smallest absolute Gasteiger partial charge is 0.123 e. The molecule has 0 N–H and O–H groups in total. The highest BCUT2D eigenvalue weighted by molar-refractivity contribution is 5.41. The van der Waals surface area contributed by atoms with E-state index in [1.165, 1.54) is 30.4 Å². The van der Waals surface area contributed by atoms with E-state index in [-0.39, 0.29) is 6.10 Å². The summed E-state index contributed by atoms with van der Waals surface area (Å²) < 4.78 is 5.83. The van der Waals surface area contributed by atoms with Crippen molar-refractivity contribution in [1.29, 1.82) is 5.26 Å². The van der Waals surface area contributed by atoms with Gasteiger partial charge in [0, 0.05) is 0 Å². The fourth-order valence-electron chi connectivity index (χ4n) is 2.24. The van der Waals surface area contributed by atoms with Gasteiger partial charge in [0.15, 0.2) is 0 Å². The molecule has 2 nitrogen and oxygen atoms in total. The third kappa shape index (κ3) is 2.36. The summed E-state index contributed by atoms with van der Waals surface area (Å²) in [6.45, 7) is 1.95. The Morgan fingerprint density at radius 1 is 1.38 bits per heavy atom. The Hall–Kier alpha value is -1.49. The van der Waals surface area contributed by atoms with Crippen molar-refractivity contribution in [3.8, 4) is 11.8 Å². The molecule has 1 aliphatic rings. The fraction of sp³-hybridized carbons (Fsp3) is 0.500. The van der Waals surface area contributed by atoms with Crippen molar-refractivity contribution >= 4 is 0 Å². The van der Waals surface area contributed by atoms with Gasteiger partial charge in [-0.05, 0) is 49.8 Å². The maximum Gasteiger partial charge on any atom is 0.123 e. The lowest BCUT2D eigenvalue weighted by Gasteiger charge is -2.21. The number of rotatable bonds is 3. The van der Waals surface area contributed by atoms with Gasteiger partial charge in [0.1, 0.15) is 11.9 Å². The first-order valence-electron chi connectivity index (χ1n) is 5.95. The number of hydrogen-bond acceptors (Lipinski definition) is 2. The number of aryl methyl sites for hydroxylation is 1. The molecule has 0 aliphatic heterocycles. The van der Waals surface area contributed by atoms with Gasteiger partial charge in [-0.2, -0.15) is 5.26 Å². The van der Waals surface area contributed by atoms with Crippen LogP contribution in [0.3, 0.4) is 0 Å². The van der Waals surface area contributed by atoms with Crippen LogP contribution in [0.1, 0.15) is 37.3 Å². The van der Waals surface area contributed by atoms with Crippen LogP contribution in [0.2, 0.25) is 0 Å². The highest BCUT2D eigenvalue weighted by Crippen LogP contribution is 2.30. The zero-order chi connectivity index (χ0) is 11.4. The summed E-state index contributed by atoms with van der Waals surface area (Å²) in [5.74, 6) is 0.986.